The van der Waals surface area contributed by atoms with Crippen molar-refractivity contribution in [2.24, 2.45) is 0 Å². The van der Waals surface area contributed by atoms with E-state index in [1.54, 1.807) is 0 Å². The molecule has 1 N–H and O–H groups in total. The van der Waals surface area contributed by atoms with Gasteiger partial charge in [-0.15, -0.1) is 0 Å². The third kappa shape index (κ3) is 5.19. The third-order valence-corrected chi connectivity index (χ3v) is 3.65. The molecule has 1 atom stereocenters. The molecule has 5 nitrogen and oxygen atoms in total. The SMILES string of the molecule is C[C@@H](CCc1ccc(F)c(F)c1)NC(=O)CN1CCCOC1=O. The second-order valence-electron chi connectivity index (χ2n) is 5.65. The number of amides is 2. The molecule has 0 radical (unpaired) electrons. The van der Waals surface area contributed by atoms with Crippen LogP contribution in [0.1, 0.15) is 25.3 Å². The quantitative estimate of drug-likeness (QED) is 0.872. The number of hydrogen-bond acceptors (Lipinski definition) is 3. The Morgan fingerprint density at radius 3 is 2.87 bits per heavy atom. The Bertz CT molecular complexity index is 580. The first-order valence-electron chi connectivity index (χ1n) is 7.60. The fourth-order valence-electron chi connectivity index (χ4n) is 2.39. The molecule has 1 aliphatic heterocycles. The van der Waals surface area contributed by atoms with Crippen LogP contribution in [0.2, 0.25) is 0 Å². The highest BCUT2D eigenvalue weighted by Gasteiger charge is 2.22. The second-order valence-corrected chi connectivity index (χ2v) is 5.65. The van der Waals surface area contributed by atoms with Crippen LogP contribution in [0.3, 0.4) is 0 Å². The first-order chi connectivity index (χ1) is 11.0. The summed E-state index contributed by atoms with van der Waals surface area (Å²) in [4.78, 5) is 24.7. The molecule has 0 bridgehead atoms. The Kier molecular flexibility index (Phi) is 5.90. The molecule has 0 spiro atoms. The van der Waals surface area contributed by atoms with E-state index in [1.165, 1.54) is 11.0 Å². The number of nitrogens with one attached hydrogen (secondary N) is 1. The number of ether oxygens (including phenoxy) is 1. The van der Waals surface area contributed by atoms with Gasteiger partial charge in [0.25, 0.3) is 0 Å². The molecule has 126 valence electrons. The Balaban J connectivity index is 1.75. The molecular formula is C16H20F2N2O3. The minimum Gasteiger partial charge on any atom is -0.449 e. The molecule has 0 aromatic heterocycles. The smallest absolute Gasteiger partial charge is 0.410 e. The summed E-state index contributed by atoms with van der Waals surface area (Å²) in [6.45, 7) is 2.69. The Hall–Kier alpha value is -2.18. The van der Waals surface area contributed by atoms with Gasteiger partial charge in [-0.2, -0.15) is 0 Å². The molecular weight excluding hydrogens is 306 g/mol. The Morgan fingerprint density at radius 2 is 2.17 bits per heavy atom. The van der Waals surface area contributed by atoms with Crippen LogP contribution in [0.25, 0.3) is 0 Å². The maximum atomic E-state index is 13.1. The van der Waals surface area contributed by atoms with E-state index < -0.39 is 17.7 Å². The number of aryl methyl sites for hydroxylation is 1. The number of hydrogen-bond donors (Lipinski definition) is 1. The monoisotopic (exact) mass is 326 g/mol. The second kappa shape index (κ2) is 7.89. The first-order valence-corrected chi connectivity index (χ1v) is 7.60. The van der Waals surface area contributed by atoms with Gasteiger partial charge in [0.2, 0.25) is 5.91 Å². The number of cyclic esters (lactones) is 1. The van der Waals surface area contributed by atoms with E-state index in [0.29, 0.717) is 38.0 Å². The van der Waals surface area contributed by atoms with Crippen molar-refractivity contribution in [1.29, 1.82) is 0 Å². The molecule has 2 rings (SSSR count). The van der Waals surface area contributed by atoms with Crippen molar-refractivity contribution in [2.45, 2.75) is 32.2 Å². The van der Waals surface area contributed by atoms with E-state index >= 15 is 0 Å². The molecule has 1 aromatic carbocycles. The summed E-state index contributed by atoms with van der Waals surface area (Å²) in [6.07, 6.45) is 1.34. The maximum absolute atomic E-state index is 13.1. The first kappa shape index (κ1) is 17.2. The summed E-state index contributed by atoms with van der Waals surface area (Å²) in [6, 6.07) is 3.64. The largest absolute Gasteiger partial charge is 0.449 e. The molecule has 1 saturated heterocycles. The summed E-state index contributed by atoms with van der Waals surface area (Å²) in [5.41, 5.74) is 0.671. The predicted molar refractivity (Wildman–Crippen MR) is 79.8 cm³/mol. The van der Waals surface area contributed by atoms with Crippen LogP contribution < -0.4 is 5.32 Å². The number of nitrogens with zero attached hydrogens (tertiary/aromatic N) is 1. The van der Waals surface area contributed by atoms with Gasteiger partial charge >= 0.3 is 6.09 Å². The van der Waals surface area contributed by atoms with Crippen molar-refractivity contribution in [2.75, 3.05) is 19.7 Å². The van der Waals surface area contributed by atoms with Gasteiger partial charge in [-0.3, -0.25) is 9.69 Å². The highest BCUT2D eigenvalue weighted by atomic mass is 19.2. The van der Waals surface area contributed by atoms with Crippen LogP contribution in [0.15, 0.2) is 18.2 Å². The van der Waals surface area contributed by atoms with Gasteiger partial charge in [0.1, 0.15) is 6.54 Å². The van der Waals surface area contributed by atoms with Gasteiger partial charge in [-0.1, -0.05) is 6.07 Å². The number of carbonyl (C=O) groups is 2. The highest BCUT2D eigenvalue weighted by Crippen LogP contribution is 2.11. The number of carbonyl (C=O) groups excluding carboxylic acids is 2. The lowest BCUT2D eigenvalue weighted by Crippen LogP contribution is -2.46. The zero-order valence-electron chi connectivity index (χ0n) is 13.0. The lowest BCUT2D eigenvalue weighted by Gasteiger charge is -2.26. The van der Waals surface area contributed by atoms with E-state index in [9.17, 15) is 18.4 Å². The van der Waals surface area contributed by atoms with Gasteiger partial charge in [-0.05, 0) is 43.9 Å². The van der Waals surface area contributed by atoms with Crippen molar-refractivity contribution >= 4 is 12.0 Å². The van der Waals surface area contributed by atoms with Crippen molar-refractivity contribution in [3.05, 3.63) is 35.4 Å². The summed E-state index contributed by atoms with van der Waals surface area (Å²) >= 11 is 0. The van der Waals surface area contributed by atoms with Crippen LogP contribution in [-0.4, -0.2) is 42.6 Å². The zero-order valence-corrected chi connectivity index (χ0v) is 13.0. The zero-order chi connectivity index (χ0) is 16.8. The van der Waals surface area contributed by atoms with Crippen molar-refractivity contribution in [3.63, 3.8) is 0 Å². The average molecular weight is 326 g/mol. The molecule has 0 aliphatic carbocycles. The molecule has 1 aromatic rings. The van der Waals surface area contributed by atoms with Crippen LogP contribution in [0, 0.1) is 11.6 Å². The molecule has 7 heteroatoms. The summed E-state index contributed by atoms with van der Waals surface area (Å²) < 4.78 is 30.8. The Labute approximate surface area is 133 Å². The van der Waals surface area contributed by atoms with Crippen molar-refractivity contribution in [3.8, 4) is 0 Å². The Morgan fingerprint density at radius 1 is 1.39 bits per heavy atom. The molecule has 1 fully saturated rings. The average Bonchev–Trinajstić information content (AvgIpc) is 2.51. The fraction of sp³-hybridized carbons (Fsp3) is 0.500. The lowest BCUT2D eigenvalue weighted by molar-refractivity contribution is -0.123. The molecule has 23 heavy (non-hydrogen) atoms. The topological polar surface area (TPSA) is 58.6 Å². The lowest BCUT2D eigenvalue weighted by atomic mass is 10.1. The highest BCUT2D eigenvalue weighted by molar-refractivity contribution is 5.82. The minimum atomic E-state index is -0.872. The molecule has 0 saturated carbocycles. The standard InChI is InChI=1S/C16H20F2N2O3/c1-11(3-4-12-5-6-13(17)14(18)9-12)19-15(21)10-20-7-2-8-23-16(20)22/h5-6,9,11H,2-4,7-8,10H2,1H3,(H,19,21)/t11-/m0/s1. The molecule has 0 unspecified atom stereocenters. The number of rotatable bonds is 6. The van der Waals surface area contributed by atoms with Gasteiger partial charge in [-0.25, -0.2) is 13.6 Å². The van der Waals surface area contributed by atoms with E-state index in [4.69, 9.17) is 4.74 Å². The van der Waals surface area contributed by atoms with Crippen LogP contribution >= 0.6 is 0 Å². The van der Waals surface area contributed by atoms with Crippen LogP contribution in [0.5, 0.6) is 0 Å². The minimum absolute atomic E-state index is 0.0334. The number of benzene rings is 1. The van der Waals surface area contributed by atoms with Crippen LogP contribution in [-0.2, 0) is 16.0 Å². The van der Waals surface area contributed by atoms with E-state index in [1.807, 2.05) is 6.92 Å². The third-order valence-electron chi connectivity index (χ3n) is 3.65. The number of halogens is 2. The van der Waals surface area contributed by atoms with E-state index in [0.717, 1.165) is 12.1 Å². The normalized spacial score (nSPS) is 16.0. The molecule has 2 amide bonds. The van der Waals surface area contributed by atoms with E-state index in [-0.39, 0.29) is 18.5 Å². The maximum Gasteiger partial charge on any atom is 0.410 e. The van der Waals surface area contributed by atoms with Crippen LogP contribution in [0.4, 0.5) is 13.6 Å². The fourth-order valence-corrected chi connectivity index (χ4v) is 2.39. The van der Waals surface area contributed by atoms with Gasteiger partial charge in [0.15, 0.2) is 11.6 Å². The summed E-state index contributed by atoms with van der Waals surface area (Å²) in [5, 5.41) is 2.79. The predicted octanol–water partition coefficient (Wildman–Crippen LogP) is 2.24. The molecule has 1 aliphatic rings. The summed E-state index contributed by atoms with van der Waals surface area (Å²) in [5.74, 6) is -2.01. The molecule has 1 heterocycles. The van der Waals surface area contributed by atoms with Gasteiger partial charge in [0, 0.05) is 12.6 Å². The van der Waals surface area contributed by atoms with Crippen molar-refractivity contribution < 1.29 is 23.1 Å². The van der Waals surface area contributed by atoms with E-state index in [2.05, 4.69) is 5.32 Å². The van der Waals surface area contributed by atoms with Gasteiger partial charge in [0.05, 0.1) is 6.61 Å². The van der Waals surface area contributed by atoms with Gasteiger partial charge < -0.3 is 10.1 Å². The van der Waals surface area contributed by atoms with Crippen molar-refractivity contribution in [1.82, 2.24) is 10.2 Å². The summed E-state index contributed by atoms with van der Waals surface area (Å²) in [7, 11) is 0.